The molecule has 1 aromatic heterocycles. The van der Waals surface area contributed by atoms with Crippen LogP contribution in [0, 0.1) is 5.92 Å². The number of cyclic esters (lactones) is 1. The minimum Gasteiger partial charge on any atom is -0.491 e. The van der Waals surface area contributed by atoms with E-state index < -0.39 is 12.1 Å². The molecule has 4 rings (SSSR count). The van der Waals surface area contributed by atoms with Gasteiger partial charge in [0.2, 0.25) is 0 Å². The van der Waals surface area contributed by atoms with E-state index in [1.165, 1.54) is 7.11 Å². The maximum Gasteiger partial charge on any atom is 0.415 e. The molecular weight excluding hydrogens is 390 g/mol. The zero-order valence-electron chi connectivity index (χ0n) is 17.5. The van der Waals surface area contributed by atoms with E-state index in [-0.39, 0.29) is 18.1 Å². The molecule has 0 aliphatic carbocycles. The van der Waals surface area contributed by atoms with E-state index in [4.69, 9.17) is 23.9 Å². The second-order valence-electron chi connectivity index (χ2n) is 7.66. The van der Waals surface area contributed by atoms with Crippen LogP contribution in [0.4, 0.5) is 10.6 Å². The summed E-state index contributed by atoms with van der Waals surface area (Å²) < 4.78 is 23.5. The summed E-state index contributed by atoms with van der Waals surface area (Å²) in [4.78, 5) is 30.3. The fraction of sp³-hybridized carbons (Fsp3) is 0.476. The van der Waals surface area contributed by atoms with Crippen LogP contribution >= 0.6 is 0 Å². The van der Waals surface area contributed by atoms with Gasteiger partial charge in [-0.2, -0.15) is 0 Å². The molecule has 1 saturated heterocycles. The van der Waals surface area contributed by atoms with Crippen molar-refractivity contribution in [3.05, 3.63) is 24.4 Å². The van der Waals surface area contributed by atoms with E-state index in [0.717, 1.165) is 5.56 Å². The molecule has 2 atom stereocenters. The first kappa shape index (κ1) is 20.1. The van der Waals surface area contributed by atoms with Crippen molar-refractivity contribution in [2.75, 3.05) is 25.2 Å². The van der Waals surface area contributed by atoms with Crippen molar-refractivity contribution >= 4 is 17.9 Å². The number of benzene rings is 1. The monoisotopic (exact) mass is 415 g/mol. The van der Waals surface area contributed by atoms with Gasteiger partial charge in [0.25, 0.3) is 0 Å². The highest BCUT2D eigenvalue weighted by atomic mass is 16.6. The fourth-order valence-corrected chi connectivity index (χ4v) is 3.65. The van der Waals surface area contributed by atoms with Crippen LogP contribution in [0.25, 0.3) is 11.4 Å². The zero-order chi connectivity index (χ0) is 21.4. The number of nitrogens with zero attached hydrogens (tertiary/aromatic N) is 3. The summed E-state index contributed by atoms with van der Waals surface area (Å²) in [7, 11) is 1.32. The minimum absolute atomic E-state index is 0.0528. The molecule has 0 N–H and O–H groups in total. The number of hydrogen-bond acceptors (Lipinski definition) is 7. The van der Waals surface area contributed by atoms with Crippen molar-refractivity contribution in [3.63, 3.8) is 0 Å². The van der Waals surface area contributed by atoms with Gasteiger partial charge in [0, 0.05) is 12.3 Å². The highest BCUT2D eigenvalue weighted by Crippen LogP contribution is 2.37. The van der Waals surface area contributed by atoms with Gasteiger partial charge in [0.1, 0.15) is 30.5 Å². The van der Waals surface area contributed by atoms with Crippen molar-refractivity contribution in [2.45, 2.75) is 39.5 Å². The Morgan fingerprint density at radius 3 is 2.80 bits per heavy atom. The third-order valence-corrected chi connectivity index (χ3v) is 5.32. The van der Waals surface area contributed by atoms with Gasteiger partial charge in [-0.15, -0.1) is 0 Å². The molecule has 3 heterocycles. The molecule has 160 valence electrons. The Morgan fingerprint density at radius 2 is 2.07 bits per heavy atom. The van der Waals surface area contributed by atoms with E-state index in [2.05, 4.69) is 13.8 Å². The third kappa shape index (κ3) is 3.55. The molecule has 1 aromatic carbocycles. The molecule has 1 amide bonds. The Balaban J connectivity index is 1.66. The summed E-state index contributed by atoms with van der Waals surface area (Å²) in [5, 5.41) is 0. The Hall–Kier alpha value is -3.23. The zero-order valence-corrected chi connectivity index (χ0v) is 17.5. The molecule has 0 radical (unpaired) electrons. The normalized spacial score (nSPS) is 18.8. The van der Waals surface area contributed by atoms with E-state index in [1.807, 2.05) is 16.8 Å². The molecule has 2 aliphatic rings. The molecule has 1 unspecified atom stereocenters. The van der Waals surface area contributed by atoms with Crippen LogP contribution in [0.15, 0.2) is 24.4 Å². The molecular formula is C21H25N3O6. The summed E-state index contributed by atoms with van der Waals surface area (Å²) in [5.41, 5.74) is 0.783. The molecule has 0 spiro atoms. The van der Waals surface area contributed by atoms with E-state index in [9.17, 15) is 9.59 Å². The molecule has 2 aromatic rings. The van der Waals surface area contributed by atoms with Gasteiger partial charge in [-0.3, -0.25) is 4.90 Å². The Bertz CT molecular complexity index is 970. The minimum atomic E-state index is -0.735. The summed E-state index contributed by atoms with van der Waals surface area (Å²) in [5.74, 6) is 2.15. The van der Waals surface area contributed by atoms with Crippen LogP contribution in [0.2, 0.25) is 0 Å². The number of hydrogen-bond donors (Lipinski definition) is 0. The quantitative estimate of drug-likeness (QED) is 0.694. The lowest BCUT2D eigenvalue weighted by Gasteiger charge is -2.21. The summed E-state index contributed by atoms with van der Waals surface area (Å²) in [6.07, 6.45) is 0.750. The van der Waals surface area contributed by atoms with Crippen molar-refractivity contribution in [3.8, 4) is 22.9 Å². The van der Waals surface area contributed by atoms with Crippen molar-refractivity contribution in [1.82, 2.24) is 9.55 Å². The van der Waals surface area contributed by atoms with E-state index in [0.29, 0.717) is 42.9 Å². The number of aromatic nitrogens is 2. The van der Waals surface area contributed by atoms with Crippen LogP contribution in [0.5, 0.6) is 11.5 Å². The van der Waals surface area contributed by atoms with Crippen molar-refractivity contribution < 1.29 is 28.5 Å². The topological polar surface area (TPSA) is 92.1 Å². The maximum absolute atomic E-state index is 12.3. The second-order valence-corrected chi connectivity index (χ2v) is 7.66. The first-order valence-corrected chi connectivity index (χ1v) is 9.94. The number of methoxy groups -OCH3 is 1. The standard InChI is InChI=1S/C21H25N3O6/c1-12(2)16-11-29-21(26)24(16)18-10-23-7-8-28-17-9-14(30-13(3)20(25)27-4)5-6-15(17)19(23)22-18/h5-6,9-10,12-13,16H,7-8,11H2,1-4H3/t13-,16?/m0/s1. The largest absolute Gasteiger partial charge is 0.491 e. The third-order valence-electron chi connectivity index (χ3n) is 5.32. The van der Waals surface area contributed by atoms with Gasteiger partial charge in [0.05, 0.1) is 25.3 Å². The number of amides is 1. The lowest BCUT2D eigenvalue weighted by molar-refractivity contribution is -0.147. The van der Waals surface area contributed by atoms with E-state index in [1.54, 1.807) is 24.0 Å². The van der Waals surface area contributed by atoms with Gasteiger partial charge >= 0.3 is 12.1 Å². The predicted octanol–water partition coefficient (Wildman–Crippen LogP) is 2.86. The van der Waals surface area contributed by atoms with Gasteiger partial charge in [0.15, 0.2) is 11.9 Å². The molecule has 9 heteroatoms. The smallest absolute Gasteiger partial charge is 0.415 e. The lowest BCUT2D eigenvalue weighted by Crippen LogP contribution is -2.37. The molecule has 0 saturated carbocycles. The van der Waals surface area contributed by atoms with Gasteiger partial charge in [-0.1, -0.05) is 13.8 Å². The lowest BCUT2D eigenvalue weighted by atomic mass is 10.1. The fourth-order valence-electron chi connectivity index (χ4n) is 3.65. The number of carbonyl (C=O) groups is 2. The first-order chi connectivity index (χ1) is 14.4. The van der Waals surface area contributed by atoms with Gasteiger partial charge < -0.3 is 23.5 Å². The van der Waals surface area contributed by atoms with Crippen LogP contribution in [-0.4, -0.2) is 54.1 Å². The Morgan fingerprint density at radius 1 is 1.27 bits per heavy atom. The number of rotatable bonds is 5. The second kappa shape index (κ2) is 7.89. The molecule has 9 nitrogen and oxygen atoms in total. The van der Waals surface area contributed by atoms with Crippen molar-refractivity contribution in [1.29, 1.82) is 0 Å². The highest BCUT2D eigenvalue weighted by molar-refractivity contribution is 5.89. The van der Waals surface area contributed by atoms with Crippen LogP contribution in [0.3, 0.4) is 0 Å². The molecule has 2 aliphatic heterocycles. The van der Waals surface area contributed by atoms with Crippen LogP contribution in [0.1, 0.15) is 20.8 Å². The molecule has 30 heavy (non-hydrogen) atoms. The SMILES string of the molecule is COC(=O)[C@H](C)Oc1ccc2c(c1)OCCn1cc(N3C(=O)OCC3C(C)C)nc1-2. The van der Waals surface area contributed by atoms with Crippen LogP contribution < -0.4 is 14.4 Å². The number of anilines is 1. The summed E-state index contributed by atoms with van der Waals surface area (Å²) in [6.45, 7) is 7.11. The Kier molecular flexibility index (Phi) is 5.27. The number of fused-ring (bicyclic) bond motifs is 3. The predicted molar refractivity (Wildman–Crippen MR) is 108 cm³/mol. The van der Waals surface area contributed by atoms with E-state index >= 15 is 0 Å². The Labute approximate surface area is 174 Å². The number of esters is 1. The number of carbonyl (C=O) groups excluding carboxylic acids is 2. The van der Waals surface area contributed by atoms with Crippen LogP contribution in [-0.2, 0) is 20.8 Å². The molecule has 1 fully saturated rings. The van der Waals surface area contributed by atoms with Gasteiger partial charge in [-0.05, 0) is 25.0 Å². The maximum atomic E-state index is 12.3. The first-order valence-electron chi connectivity index (χ1n) is 9.94. The number of ether oxygens (including phenoxy) is 4. The molecule has 0 bridgehead atoms. The highest BCUT2D eigenvalue weighted by Gasteiger charge is 2.38. The summed E-state index contributed by atoms with van der Waals surface area (Å²) >= 11 is 0. The average molecular weight is 415 g/mol. The summed E-state index contributed by atoms with van der Waals surface area (Å²) in [6, 6.07) is 5.28. The van der Waals surface area contributed by atoms with Gasteiger partial charge in [-0.25, -0.2) is 14.6 Å². The number of imidazole rings is 1. The van der Waals surface area contributed by atoms with Crippen molar-refractivity contribution in [2.24, 2.45) is 5.92 Å². The average Bonchev–Trinajstić information content (AvgIpc) is 3.26.